The maximum atomic E-state index is 13.0. The van der Waals surface area contributed by atoms with E-state index in [4.69, 9.17) is 14.5 Å². The summed E-state index contributed by atoms with van der Waals surface area (Å²) in [6, 6.07) is 15.3. The molecule has 5 aromatic rings. The monoisotopic (exact) mass is 589 g/mol. The van der Waals surface area contributed by atoms with Gasteiger partial charge in [-0.3, -0.25) is 4.79 Å². The zero-order valence-electron chi connectivity index (χ0n) is 24.7. The first-order valence-electron chi connectivity index (χ1n) is 15.3. The standard InChI is InChI=1S/C34H35N7O3/c1-19(43-2)36-17-31(42)41-12-4-6-29(41)34-38-26-10-8-20-14-25-23-9-7-21(28-16-37-33(39-28)27-5-3-11-35-27)13-22(23)18-44-30(25)15-24(20)32(26)40-34/h7-10,13-16,27,29,35-36H,1,3-6,11-12,17-18H2,2H3,(H,37,39)(H,38,40). The van der Waals surface area contributed by atoms with Crippen molar-refractivity contribution in [3.05, 3.63) is 78.3 Å². The van der Waals surface area contributed by atoms with Gasteiger partial charge < -0.3 is 35.0 Å². The molecule has 0 spiro atoms. The lowest BCUT2D eigenvalue weighted by Gasteiger charge is -2.23. The third-order valence-corrected chi connectivity index (χ3v) is 9.23. The smallest absolute Gasteiger partial charge is 0.242 e. The summed E-state index contributed by atoms with van der Waals surface area (Å²) in [5.41, 5.74) is 7.39. The highest BCUT2D eigenvalue weighted by Gasteiger charge is 2.32. The van der Waals surface area contributed by atoms with Crippen molar-refractivity contribution in [3.63, 3.8) is 0 Å². The van der Waals surface area contributed by atoms with Gasteiger partial charge in [0.15, 0.2) is 5.88 Å². The van der Waals surface area contributed by atoms with E-state index in [1.807, 2.05) is 11.1 Å². The van der Waals surface area contributed by atoms with Gasteiger partial charge in [-0.1, -0.05) is 18.2 Å². The number of fused-ring (bicyclic) bond motifs is 6. The average Bonchev–Trinajstić information content (AvgIpc) is 3.88. The predicted octanol–water partition coefficient (Wildman–Crippen LogP) is 5.46. The van der Waals surface area contributed by atoms with E-state index in [1.165, 1.54) is 19.1 Å². The Morgan fingerprint density at radius 3 is 2.91 bits per heavy atom. The van der Waals surface area contributed by atoms with E-state index in [0.29, 0.717) is 25.1 Å². The summed E-state index contributed by atoms with van der Waals surface area (Å²) >= 11 is 0. The number of benzene rings is 3. The second-order valence-corrected chi connectivity index (χ2v) is 11.9. The van der Waals surface area contributed by atoms with Crippen molar-refractivity contribution in [2.24, 2.45) is 0 Å². The van der Waals surface area contributed by atoms with Gasteiger partial charge in [-0.2, -0.15) is 0 Å². The number of hydrogen-bond donors (Lipinski definition) is 4. The van der Waals surface area contributed by atoms with Gasteiger partial charge >= 0.3 is 0 Å². The maximum Gasteiger partial charge on any atom is 0.242 e. The topological polar surface area (TPSA) is 120 Å². The Kier molecular flexibility index (Phi) is 6.52. The van der Waals surface area contributed by atoms with Crippen LogP contribution in [-0.4, -0.2) is 57.5 Å². The molecule has 2 fully saturated rings. The van der Waals surface area contributed by atoms with Crippen LogP contribution < -0.4 is 15.4 Å². The zero-order chi connectivity index (χ0) is 29.8. The lowest BCUT2D eigenvalue weighted by atomic mass is 9.92. The number of ether oxygens (including phenoxy) is 2. The Morgan fingerprint density at radius 2 is 2.05 bits per heavy atom. The number of likely N-dealkylation sites (tertiary alicyclic amines) is 1. The molecule has 0 saturated carbocycles. The highest BCUT2D eigenvalue weighted by Crippen LogP contribution is 2.43. The van der Waals surface area contributed by atoms with Crippen molar-refractivity contribution >= 4 is 27.7 Å². The van der Waals surface area contributed by atoms with Crippen LogP contribution in [0.4, 0.5) is 0 Å². The van der Waals surface area contributed by atoms with Crippen LogP contribution in [0.3, 0.4) is 0 Å². The lowest BCUT2D eigenvalue weighted by molar-refractivity contribution is -0.131. The van der Waals surface area contributed by atoms with Crippen molar-refractivity contribution < 1.29 is 14.3 Å². The second-order valence-electron chi connectivity index (χ2n) is 11.9. The van der Waals surface area contributed by atoms with Crippen LogP contribution in [0, 0.1) is 0 Å². The van der Waals surface area contributed by atoms with Crippen molar-refractivity contribution in [2.75, 3.05) is 26.7 Å². The largest absolute Gasteiger partial charge is 0.488 e. The summed E-state index contributed by atoms with van der Waals surface area (Å²) in [4.78, 5) is 31.6. The van der Waals surface area contributed by atoms with Crippen LogP contribution >= 0.6 is 0 Å². The van der Waals surface area contributed by atoms with E-state index < -0.39 is 0 Å². The van der Waals surface area contributed by atoms with E-state index in [1.54, 1.807) is 0 Å². The first-order valence-corrected chi connectivity index (χ1v) is 15.3. The summed E-state index contributed by atoms with van der Waals surface area (Å²) < 4.78 is 11.4. The number of nitrogens with zero attached hydrogens (tertiary/aromatic N) is 3. The molecule has 5 heterocycles. The number of aromatic amines is 2. The lowest BCUT2D eigenvalue weighted by Crippen LogP contribution is -2.37. The first kappa shape index (κ1) is 26.8. The summed E-state index contributed by atoms with van der Waals surface area (Å²) in [6.07, 6.45) is 6.03. The third-order valence-electron chi connectivity index (χ3n) is 9.23. The molecule has 4 N–H and O–H groups in total. The third kappa shape index (κ3) is 4.57. The fraction of sp³-hybridized carbons (Fsp3) is 0.324. The molecule has 3 aromatic carbocycles. The maximum absolute atomic E-state index is 13.0. The van der Waals surface area contributed by atoms with Crippen LogP contribution in [0.2, 0.25) is 0 Å². The quantitative estimate of drug-likeness (QED) is 0.186. The Balaban J connectivity index is 1.09. The number of nitrogens with one attached hydrogen (secondary N) is 4. The number of carbonyl (C=O) groups is 1. The molecule has 2 aromatic heterocycles. The van der Waals surface area contributed by atoms with Gasteiger partial charge in [0.1, 0.15) is 24.0 Å². The molecule has 2 unspecified atom stereocenters. The SMILES string of the molecule is C=C(NCC(=O)N1CCCC1c1nc2c(ccc3cc4c(cc32)OCc2cc(-c3cnc(C5CCCN5)[nH]3)ccc2-4)[nH]1)OC. The van der Waals surface area contributed by atoms with E-state index in [0.717, 1.165) is 87.4 Å². The second kappa shape index (κ2) is 10.7. The molecule has 224 valence electrons. The molecule has 1 amide bonds. The molecule has 2 saturated heterocycles. The number of amides is 1. The minimum Gasteiger partial charge on any atom is -0.488 e. The summed E-state index contributed by atoms with van der Waals surface area (Å²) in [7, 11) is 1.53. The predicted molar refractivity (Wildman–Crippen MR) is 169 cm³/mol. The van der Waals surface area contributed by atoms with Crippen LogP contribution in [0.1, 0.15) is 55.0 Å². The summed E-state index contributed by atoms with van der Waals surface area (Å²) in [5, 5.41) is 8.57. The average molecular weight is 590 g/mol. The number of hydrogen-bond acceptors (Lipinski definition) is 7. The molecular weight excluding hydrogens is 554 g/mol. The molecular formula is C34H35N7O3. The number of imidazole rings is 2. The fourth-order valence-electron chi connectivity index (χ4n) is 6.91. The van der Waals surface area contributed by atoms with E-state index >= 15 is 0 Å². The number of aromatic nitrogens is 4. The molecule has 3 aliphatic rings. The van der Waals surface area contributed by atoms with Gasteiger partial charge in [-0.15, -0.1) is 0 Å². The van der Waals surface area contributed by atoms with Gasteiger partial charge in [0, 0.05) is 17.5 Å². The molecule has 0 radical (unpaired) electrons. The van der Waals surface area contributed by atoms with Crippen LogP contribution in [0.15, 0.2) is 61.1 Å². The minimum absolute atomic E-state index is 0.000835. The zero-order valence-corrected chi connectivity index (χ0v) is 24.7. The Morgan fingerprint density at radius 1 is 1.11 bits per heavy atom. The van der Waals surface area contributed by atoms with Crippen molar-refractivity contribution in [3.8, 4) is 28.1 Å². The summed E-state index contributed by atoms with van der Waals surface area (Å²) in [5.74, 6) is 3.05. The fourth-order valence-corrected chi connectivity index (χ4v) is 6.91. The van der Waals surface area contributed by atoms with Gasteiger partial charge in [-0.05, 0) is 85.1 Å². The van der Waals surface area contributed by atoms with E-state index in [2.05, 4.69) is 74.6 Å². The van der Waals surface area contributed by atoms with Gasteiger partial charge in [0.25, 0.3) is 0 Å². The Bertz CT molecular complexity index is 1920. The highest BCUT2D eigenvalue weighted by atomic mass is 16.5. The van der Waals surface area contributed by atoms with Crippen molar-refractivity contribution in [2.45, 2.75) is 44.4 Å². The first-order chi connectivity index (χ1) is 21.6. The molecule has 3 aliphatic heterocycles. The molecule has 10 nitrogen and oxygen atoms in total. The van der Waals surface area contributed by atoms with E-state index in [9.17, 15) is 4.79 Å². The van der Waals surface area contributed by atoms with Crippen molar-refractivity contribution in [1.29, 1.82) is 0 Å². The van der Waals surface area contributed by atoms with Gasteiger partial charge in [-0.25, -0.2) is 9.97 Å². The number of H-pyrrole nitrogens is 2. The number of rotatable bonds is 7. The molecule has 44 heavy (non-hydrogen) atoms. The van der Waals surface area contributed by atoms with Gasteiger partial charge in [0.05, 0.1) is 48.7 Å². The number of carbonyl (C=O) groups excluding carboxylic acids is 1. The molecule has 0 bridgehead atoms. The summed E-state index contributed by atoms with van der Waals surface area (Å²) in [6.45, 7) is 6.12. The minimum atomic E-state index is -0.0992. The molecule has 10 heteroatoms. The van der Waals surface area contributed by atoms with Crippen LogP contribution in [0.5, 0.6) is 5.75 Å². The normalized spacial score (nSPS) is 19.2. The Labute approximate surface area is 254 Å². The molecule has 8 rings (SSSR count). The van der Waals surface area contributed by atoms with E-state index in [-0.39, 0.29) is 18.5 Å². The van der Waals surface area contributed by atoms with Crippen LogP contribution in [-0.2, 0) is 16.1 Å². The Hall–Kier alpha value is -4.83. The number of methoxy groups -OCH3 is 1. The highest BCUT2D eigenvalue weighted by molar-refractivity contribution is 6.07. The van der Waals surface area contributed by atoms with Crippen molar-refractivity contribution in [1.82, 2.24) is 35.5 Å². The molecule has 2 atom stereocenters. The molecule has 0 aliphatic carbocycles. The van der Waals surface area contributed by atoms with Gasteiger partial charge in [0.2, 0.25) is 5.91 Å². The van der Waals surface area contributed by atoms with Crippen LogP contribution in [0.25, 0.3) is 44.2 Å².